The molecule has 0 spiro atoms. The van der Waals surface area contributed by atoms with E-state index in [9.17, 15) is 0 Å². The van der Waals surface area contributed by atoms with Crippen molar-refractivity contribution in [3.63, 3.8) is 0 Å². The Morgan fingerprint density at radius 1 is 0.778 bits per heavy atom. The second-order valence-corrected chi connectivity index (χ2v) is 4.18. The van der Waals surface area contributed by atoms with Crippen LogP contribution in [0.5, 0.6) is 0 Å². The Hall–Kier alpha value is -0.680. The Balaban J connectivity index is 3.02. The number of hydrogen-bond donors (Lipinski definition) is 4. The average molecular weight is 254 g/mol. The molecule has 0 heterocycles. The Morgan fingerprint density at radius 3 is 1.78 bits per heavy atom. The van der Waals surface area contributed by atoms with Crippen LogP contribution in [0.3, 0.4) is 0 Å². The van der Waals surface area contributed by atoms with Crippen LogP contribution in [0.25, 0.3) is 0 Å². The summed E-state index contributed by atoms with van der Waals surface area (Å²) in [6.07, 6.45) is 8.59. The van der Waals surface area contributed by atoms with E-state index in [0.717, 1.165) is 52.2 Å². The third kappa shape index (κ3) is 15.3. The van der Waals surface area contributed by atoms with Gasteiger partial charge in [0, 0.05) is 19.6 Å². The molecule has 4 heteroatoms. The van der Waals surface area contributed by atoms with Crippen molar-refractivity contribution in [3.05, 3.63) is 24.8 Å². The van der Waals surface area contributed by atoms with Gasteiger partial charge in [0.2, 0.25) is 0 Å². The van der Waals surface area contributed by atoms with E-state index in [1.807, 2.05) is 13.1 Å². The highest BCUT2D eigenvalue weighted by atomic mass is 14.9. The minimum atomic E-state index is 0.902. The molecule has 0 aliphatic rings. The molecule has 0 amide bonds. The summed E-state index contributed by atoms with van der Waals surface area (Å²) in [4.78, 5) is 0. The van der Waals surface area contributed by atoms with Crippen LogP contribution >= 0.6 is 0 Å². The fourth-order valence-corrected chi connectivity index (χ4v) is 1.47. The van der Waals surface area contributed by atoms with Gasteiger partial charge in [-0.15, -0.1) is 6.58 Å². The topological polar surface area (TPSA) is 48.1 Å². The molecule has 0 atom stereocenters. The quantitative estimate of drug-likeness (QED) is 0.269. The van der Waals surface area contributed by atoms with Crippen LogP contribution in [0, 0.1) is 0 Å². The molecule has 0 unspecified atom stereocenters. The fraction of sp³-hybridized carbons (Fsp3) is 0.714. The van der Waals surface area contributed by atoms with Gasteiger partial charge in [-0.3, -0.25) is 0 Å². The summed E-state index contributed by atoms with van der Waals surface area (Å²) in [6.45, 7) is 10.8. The summed E-state index contributed by atoms with van der Waals surface area (Å²) in [5, 5.41) is 13.2. The lowest BCUT2D eigenvalue weighted by atomic mass is 10.4. The van der Waals surface area contributed by atoms with Crippen LogP contribution in [-0.4, -0.2) is 52.9 Å². The molecule has 0 aliphatic carbocycles. The molecule has 0 aromatic carbocycles. The van der Waals surface area contributed by atoms with Gasteiger partial charge in [0.05, 0.1) is 0 Å². The fourth-order valence-electron chi connectivity index (χ4n) is 1.47. The molecular weight excluding hydrogens is 224 g/mol. The van der Waals surface area contributed by atoms with Gasteiger partial charge in [-0.05, 0) is 46.1 Å². The van der Waals surface area contributed by atoms with E-state index >= 15 is 0 Å². The van der Waals surface area contributed by atoms with Crippen molar-refractivity contribution in [2.45, 2.75) is 12.8 Å². The molecule has 0 aromatic heterocycles. The first-order valence-electron chi connectivity index (χ1n) is 6.94. The highest BCUT2D eigenvalue weighted by Crippen LogP contribution is 1.76. The van der Waals surface area contributed by atoms with Crippen LogP contribution in [0.4, 0.5) is 0 Å². The SMILES string of the molecule is C=CCNCCCNC/C=C/CNCCCNC. The first kappa shape index (κ1) is 17.3. The maximum atomic E-state index is 3.66. The van der Waals surface area contributed by atoms with Crippen LogP contribution in [0.15, 0.2) is 24.8 Å². The van der Waals surface area contributed by atoms with Crippen LogP contribution in [-0.2, 0) is 0 Å². The second-order valence-electron chi connectivity index (χ2n) is 4.18. The predicted molar refractivity (Wildman–Crippen MR) is 81.1 cm³/mol. The van der Waals surface area contributed by atoms with Gasteiger partial charge in [-0.2, -0.15) is 0 Å². The van der Waals surface area contributed by atoms with Gasteiger partial charge in [-0.25, -0.2) is 0 Å². The van der Waals surface area contributed by atoms with Crippen molar-refractivity contribution in [2.75, 3.05) is 52.9 Å². The maximum Gasteiger partial charge on any atom is 0.0135 e. The molecule has 0 saturated carbocycles. The van der Waals surface area contributed by atoms with Crippen LogP contribution in [0.2, 0.25) is 0 Å². The summed E-state index contributed by atoms with van der Waals surface area (Å²) in [6, 6.07) is 0. The van der Waals surface area contributed by atoms with E-state index in [1.165, 1.54) is 6.42 Å². The Morgan fingerprint density at radius 2 is 1.28 bits per heavy atom. The normalized spacial score (nSPS) is 11.2. The van der Waals surface area contributed by atoms with E-state index in [1.54, 1.807) is 0 Å². The first-order valence-corrected chi connectivity index (χ1v) is 6.94. The monoisotopic (exact) mass is 254 g/mol. The zero-order valence-electron chi connectivity index (χ0n) is 11.8. The van der Waals surface area contributed by atoms with E-state index in [-0.39, 0.29) is 0 Å². The third-order valence-corrected chi connectivity index (χ3v) is 2.47. The van der Waals surface area contributed by atoms with Gasteiger partial charge in [0.1, 0.15) is 0 Å². The molecule has 0 bridgehead atoms. The molecule has 0 radical (unpaired) electrons. The lowest BCUT2D eigenvalue weighted by Gasteiger charge is -2.03. The molecule has 4 nitrogen and oxygen atoms in total. The molecule has 0 rings (SSSR count). The number of rotatable bonds is 14. The zero-order chi connectivity index (χ0) is 13.3. The summed E-state index contributed by atoms with van der Waals surface area (Å²) in [7, 11) is 1.98. The molecule has 106 valence electrons. The van der Waals surface area contributed by atoms with Crippen LogP contribution < -0.4 is 21.3 Å². The highest BCUT2D eigenvalue weighted by Gasteiger charge is 1.86. The first-order chi connectivity index (χ1) is 8.91. The van der Waals surface area contributed by atoms with Crippen molar-refractivity contribution in [3.8, 4) is 0 Å². The Labute approximate surface area is 112 Å². The van der Waals surface area contributed by atoms with Crippen molar-refractivity contribution in [2.24, 2.45) is 0 Å². The van der Waals surface area contributed by atoms with E-state index in [2.05, 4.69) is 40.0 Å². The van der Waals surface area contributed by atoms with Crippen molar-refractivity contribution in [1.82, 2.24) is 21.3 Å². The van der Waals surface area contributed by atoms with Crippen molar-refractivity contribution >= 4 is 0 Å². The zero-order valence-corrected chi connectivity index (χ0v) is 11.8. The smallest absolute Gasteiger partial charge is 0.0135 e. The molecule has 0 saturated heterocycles. The number of nitrogens with one attached hydrogen (secondary N) is 4. The summed E-state index contributed by atoms with van der Waals surface area (Å²) >= 11 is 0. The average Bonchev–Trinajstić information content (AvgIpc) is 2.39. The largest absolute Gasteiger partial charge is 0.320 e. The molecular formula is C14H30N4. The van der Waals surface area contributed by atoms with Crippen molar-refractivity contribution < 1.29 is 0 Å². The van der Waals surface area contributed by atoms with Gasteiger partial charge in [0.25, 0.3) is 0 Å². The summed E-state index contributed by atoms with van der Waals surface area (Å²) in [5.74, 6) is 0. The lowest BCUT2D eigenvalue weighted by molar-refractivity contribution is 0.638. The molecule has 4 N–H and O–H groups in total. The van der Waals surface area contributed by atoms with E-state index < -0.39 is 0 Å². The van der Waals surface area contributed by atoms with E-state index in [4.69, 9.17) is 0 Å². The van der Waals surface area contributed by atoms with Gasteiger partial charge in [0.15, 0.2) is 0 Å². The molecule has 0 aliphatic heterocycles. The van der Waals surface area contributed by atoms with E-state index in [0.29, 0.717) is 0 Å². The Kier molecular flexibility index (Phi) is 15.7. The summed E-state index contributed by atoms with van der Waals surface area (Å²) < 4.78 is 0. The third-order valence-electron chi connectivity index (χ3n) is 2.47. The molecule has 18 heavy (non-hydrogen) atoms. The van der Waals surface area contributed by atoms with Gasteiger partial charge >= 0.3 is 0 Å². The molecule has 0 fully saturated rings. The van der Waals surface area contributed by atoms with Crippen molar-refractivity contribution in [1.29, 1.82) is 0 Å². The van der Waals surface area contributed by atoms with Gasteiger partial charge < -0.3 is 21.3 Å². The lowest BCUT2D eigenvalue weighted by Crippen LogP contribution is -2.22. The Bertz CT molecular complexity index is 192. The summed E-state index contributed by atoms with van der Waals surface area (Å²) in [5.41, 5.74) is 0. The minimum absolute atomic E-state index is 0.902. The number of hydrogen-bond acceptors (Lipinski definition) is 4. The second kappa shape index (κ2) is 16.3. The maximum absolute atomic E-state index is 3.66. The minimum Gasteiger partial charge on any atom is -0.320 e. The highest BCUT2D eigenvalue weighted by molar-refractivity contribution is 4.85. The standard InChI is InChI=1S/C14H30N4/c1-3-8-16-13-7-14-18-11-5-4-10-17-12-6-9-15-2/h3-5,15-18H,1,6-14H2,2H3/b5-4+. The van der Waals surface area contributed by atoms with Crippen LogP contribution in [0.1, 0.15) is 12.8 Å². The predicted octanol–water partition coefficient (Wildman–Crippen LogP) is 0.497. The van der Waals surface area contributed by atoms with Gasteiger partial charge in [-0.1, -0.05) is 18.2 Å². The molecule has 0 aromatic rings.